The predicted molar refractivity (Wildman–Crippen MR) is 141 cm³/mol. The summed E-state index contributed by atoms with van der Waals surface area (Å²) in [6.45, 7) is 8.20. The molecule has 5 heteroatoms. The maximum Gasteiger partial charge on any atom is 0.351 e. The van der Waals surface area contributed by atoms with Crippen LogP contribution in [0.1, 0.15) is 63.1 Å². The zero-order valence-corrected chi connectivity index (χ0v) is 20.3. The van der Waals surface area contributed by atoms with Gasteiger partial charge in [0.1, 0.15) is 5.75 Å². The monoisotopic (exact) mass is 456 g/mol. The Morgan fingerprint density at radius 3 is 2.41 bits per heavy atom. The number of allylic oxidation sites excluding steroid dienone is 1. The van der Waals surface area contributed by atoms with Gasteiger partial charge in [-0.2, -0.15) is 0 Å². The summed E-state index contributed by atoms with van der Waals surface area (Å²) in [5.41, 5.74) is 5.44. The fourth-order valence-corrected chi connectivity index (χ4v) is 4.18. The molecule has 0 aromatic heterocycles. The van der Waals surface area contributed by atoms with Gasteiger partial charge in [0, 0.05) is 23.6 Å². The van der Waals surface area contributed by atoms with Gasteiger partial charge in [0.15, 0.2) is 0 Å². The molecule has 5 nitrogen and oxygen atoms in total. The standard InChI is InChI=1S/C29H32N2O3/c1-5-8-12-30-26(7-3)20-10-11-23-24-15-21-14-19(4)27(31-13-9-6-2)17-22(21)18-28(24)34-29(32,33)25(23)16-20/h7,10-18,32-33H,5-6,8-9H2,1-4H3/b26-7-,30-12?,31-13?. The molecule has 0 spiro atoms. The second-order valence-corrected chi connectivity index (χ2v) is 8.68. The van der Waals surface area contributed by atoms with Gasteiger partial charge in [-0.15, -0.1) is 0 Å². The summed E-state index contributed by atoms with van der Waals surface area (Å²) in [6, 6.07) is 13.6. The van der Waals surface area contributed by atoms with Crippen molar-refractivity contribution in [2.45, 2.75) is 59.4 Å². The number of benzene rings is 3. The van der Waals surface area contributed by atoms with Crippen molar-refractivity contribution in [1.82, 2.24) is 0 Å². The fraction of sp³-hybridized carbons (Fsp3) is 0.310. The number of fused-ring (bicyclic) bond motifs is 4. The van der Waals surface area contributed by atoms with E-state index in [0.717, 1.165) is 70.1 Å². The summed E-state index contributed by atoms with van der Waals surface area (Å²) in [4.78, 5) is 9.15. The molecule has 1 heterocycles. The average Bonchev–Trinajstić information content (AvgIpc) is 2.81. The smallest absolute Gasteiger partial charge is 0.351 e. The third kappa shape index (κ3) is 4.67. The van der Waals surface area contributed by atoms with Crippen LogP contribution in [0.5, 0.6) is 5.75 Å². The van der Waals surface area contributed by atoms with E-state index in [1.54, 1.807) is 6.07 Å². The van der Waals surface area contributed by atoms with Gasteiger partial charge in [0.05, 0.1) is 16.9 Å². The number of aliphatic imine (C=N–C) groups is 2. The van der Waals surface area contributed by atoms with Gasteiger partial charge in [0.2, 0.25) is 0 Å². The molecule has 0 saturated heterocycles. The van der Waals surface area contributed by atoms with Crippen molar-refractivity contribution in [3.63, 3.8) is 0 Å². The van der Waals surface area contributed by atoms with Crippen molar-refractivity contribution in [3.8, 4) is 16.9 Å². The molecule has 0 radical (unpaired) electrons. The Bertz CT molecular complexity index is 1300. The Balaban J connectivity index is 1.81. The predicted octanol–water partition coefficient (Wildman–Crippen LogP) is 7.04. The van der Waals surface area contributed by atoms with Crippen LogP contribution >= 0.6 is 0 Å². The van der Waals surface area contributed by atoms with Crippen LogP contribution in [0.3, 0.4) is 0 Å². The lowest BCUT2D eigenvalue weighted by molar-refractivity contribution is -0.305. The van der Waals surface area contributed by atoms with Crippen LogP contribution < -0.4 is 4.74 Å². The maximum atomic E-state index is 10.8. The Morgan fingerprint density at radius 2 is 1.68 bits per heavy atom. The van der Waals surface area contributed by atoms with E-state index < -0.39 is 5.97 Å². The topological polar surface area (TPSA) is 74.4 Å². The highest BCUT2D eigenvalue weighted by Gasteiger charge is 2.38. The average molecular weight is 457 g/mol. The van der Waals surface area contributed by atoms with Crippen LogP contribution in [0.4, 0.5) is 5.69 Å². The van der Waals surface area contributed by atoms with Gasteiger partial charge >= 0.3 is 5.97 Å². The maximum absolute atomic E-state index is 10.8. The van der Waals surface area contributed by atoms with Gasteiger partial charge in [-0.05, 0) is 78.9 Å². The molecule has 0 bridgehead atoms. The quantitative estimate of drug-likeness (QED) is 0.296. The molecular weight excluding hydrogens is 424 g/mol. The lowest BCUT2D eigenvalue weighted by atomic mass is 9.90. The molecule has 176 valence electrons. The first kappa shape index (κ1) is 23.9. The lowest BCUT2D eigenvalue weighted by Crippen LogP contribution is -2.35. The summed E-state index contributed by atoms with van der Waals surface area (Å²) in [5.74, 6) is -2.01. The van der Waals surface area contributed by atoms with E-state index in [-0.39, 0.29) is 0 Å². The molecule has 2 N–H and O–H groups in total. The second-order valence-electron chi connectivity index (χ2n) is 8.68. The zero-order valence-electron chi connectivity index (χ0n) is 20.3. The lowest BCUT2D eigenvalue weighted by Gasteiger charge is -2.32. The SMILES string of the molecule is C/C=C(\N=CCCC)c1ccc2c(c1)C(O)(O)Oc1cc3cc(N=CCCC)c(C)cc3cc1-2. The normalized spacial score (nSPS) is 15.1. The summed E-state index contributed by atoms with van der Waals surface area (Å²) in [7, 11) is 0. The molecule has 0 fully saturated rings. The van der Waals surface area contributed by atoms with Gasteiger partial charge in [-0.25, -0.2) is 0 Å². The largest absolute Gasteiger partial charge is 0.435 e. The third-order valence-corrected chi connectivity index (χ3v) is 6.03. The van der Waals surface area contributed by atoms with Crippen molar-refractivity contribution in [3.05, 3.63) is 65.2 Å². The number of nitrogens with zero attached hydrogens (tertiary/aromatic N) is 2. The van der Waals surface area contributed by atoms with Gasteiger partial charge in [-0.3, -0.25) is 9.98 Å². The van der Waals surface area contributed by atoms with Crippen molar-refractivity contribution in [2.75, 3.05) is 0 Å². The van der Waals surface area contributed by atoms with E-state index in [1.807, 2.05) is 55.8 Å². The summed E-state index contributed by atoms with van der Waals surface area (Å²) < 4.78 is 5.70. The summed E-state index contributed by atoms with van der Waals surface area (Å²) >= 11 is 0. The van der Waals surface area contributed by atoms with E-state index in [0.29, 0.717) is 11.3 Å². The molecular formula is C29H32N2O3. The molecule has 0 saturated carbocycles. The van der Waals surface area contributed by atoms with Gasteiger partial charge in [-0.1, -0.05) is 44.9 Å². The Labute approximate surface area is 201 Å². The number of unbranched alkanes of at least 4 members (excludes halogenated alkanes) is 2. The Morgan fingerprint density at radius 1 is 0.941 bits per heavy atom. The molecule has 0 atom stereocenters. The van der Waals surface area contributed by atoms with Crippen molar-refractivity contribution in [1.29, 1.82) is 0 Å². The molecule has 1 aliphatic rings. The Hall–Kier alpha value is -3.28. The van der Waals surface area contributed by atoms with Crippen LogP contribution in [0.2, 0.25) is 0 Å². The van der Waals surface area contributed by atoms with E-state index in [9.17, 15) is 10.2 Å². The number of hydrogen-bond acceptors (Lipinski definition) is 5. The van der Waals surface area contributed by atoms with Gasteiger partial charge < -0.3 is 14.9 Å². The first-order valence-corrected chi connectivity index (χ1v) is 12.0. The van der Waals surface area contributed by atoms with Crippen LogP contribution in [-0.2, 0) is 5.97 Å². The number of rotatable bonds is 7. The molecule has 34 heavy (non-hydrogen) atoms. The number of aryl methyl sites for hydroxylation is 1. The third-order valence-electron chi connectivity index (χ3n) is 6.03. The second kappa shape index (κ2) is 9.92. The zero-order chi connectivity index (χ0) is 24.3. The highest BCUT2D eigenvalue weighted by atomic mass is 16.8. The Kier molecular flexibility index (Phi) is 6.96. The number of hydrogen-bond donors (Lipinski definition) is 2. The van der Waals surface area contributed by atoms with Crippen LogP contribution in [-0.4, -0.2) is 22.6 Å². The molecule has 4 rings (SSSR count). The molecule has 0 unspecified atom stereocenters. The molecule has 3 aromatic rings. The highest BCUT2D eigenvalue weighted by Crippen LogP contribution is 2.46. The summed E-state index contributed by atoms with van der Waals surface area (Å²) in [6.07, 6.45) is 9.63. The van der Waals surface area contributed by atoms with E-state index in [2.05, 4.69) is 36.8 Å². The summed E-state index contributed by atoms with van der Waals surface area (Å²) in [5, 5.41) is 23.6. The van der Waals surface area contributed by atoms with E-state index in [1.165, 1.54) is 0 Å². The van der Waals surface area contributed by atoms with Gasteiger partial charge in [0.25, 0.3) is 0 Å². The van der Waals surface area contributed by atoms with Crippen molar-refractivity contribution in [2.24, 2.45) is 9.98 Å². The highest BCUT2D eigenvalue weighted by molar-refractivity contribution is 5.95. The van der Waals surface area contributed by atoms with Crippen molar-refractivity contribution >= 4 is 34.6 Å². The number of ether oxygens (including phenoxy) is 1. The van der Waals surface area contributed by atoms with Crippen LogP contribution in [0.15, 0.2) is 58.5 Å². The molecule has 1 aliphatic heterocycles. The van der Waals surface area contributed by atoms with Crippen LogP contribution in [0, 0.1) is 6.92 Å². The molecule has 0 aliphatic carbocycles. The minimum absolute atomic E-state index is 0.305. The fourth-order valence-electron chi connectivity index (χ4n) is 4.18. The molecule has 3 aromatic carbocycles. The van der Waals surface area contributed by atoms with Crippen molar-refractivity contribution < 1.29 is 14.9 Å². The molecule has 0 amide bonds. The minimum Gasteiger partial charge on any atom is -0.435 e. The van der Waals surface area contributed by atoms with E-state index >= 15 is 0 Å². The van der Waals surface area contributed by atoms with E-state index in [4.69, 9.17) is 4.74 Å². The first-order chi connectivity index (χ1) is 16.4. The van der Waals surface area contributed by atoms with Crippen LogP contribution in [0.25, 0.3) is 27.6 Å². The first-order valence-electron chi connectivity index (χ1n) is 12.0. The minimum atomic E-state index is -2.44. The number of aliphatic hydroxyl groups is 2.